The first-order valence-corrected chi connectivity index (χ1v) is 9.47. The number of rotatable bonds is 5. The van der Waals surface area contributed by atoms with Gasteiger partial charge in [0.1, 0.15) is 11.6 Å². The van der Waals surface area contributed by atoms with Crippen LogP contribution in [0.15, 0.2) is 0 Å². The Hall–Kier alpha value is -3.13. The van der Waals surface area contributed by atoms with Crippen molar-refractivity contribution in [2.45, 2.75) is 27.7 Å². The molecule has 8 nitrogen and oxygen atoms in total. The number of aryl methyl sites for hydroxylation is 2. The highest BCUT2D eigenvalue weighted by molar-refractivity contribution is 6.35. The number of hydrogen-bond donors (Lipinski definition) is 4. The maximum Gasteiger partial charge on any atom is 0.257 e. The molecule has 3 rings (SSSR count). The summed E-state index contributed by atoms with van der Waals surface area (Å²) in [4.78, 5) is 34.7. The fraction of sp³-hybridized carbons (Fsp3) is 0.381. The number of hydrogen-bond acceptors (Lipinski definition) is 5. The summed E-state index contributed by atoms with van der Waals surface area (Å²) in [6.45, 7) is 8.43. The Morgan fingerprint density at radius 2 is 1.90 bits per heavy atom. The Morgan fingerprint density at radius 1 is 1.21 bits per heavy atom. The molecule has 0 bridgehead atoms. The van der Waals surface area contributed by atoms with E-state index in [1.165, 1.54) is 0 Å². The van der Waals surface area contributed by atoms with E-state index in [0.717, 1.165) is 17.8 Å². The first-order valence-electron chi connectivity index (χ1n) is 9.47. The van der Waals surface area contributed by atoms with E-state index >= 15 is 0 Å². The van der Waals surface area contributed by atoms with Crippen LogP contribution < -0.4 is 10.6 Å². The van der Waals surface area contributed by atoms with Crippen molar-refractivity contribution in [3.8, 4) is 5.75 Å². The second-order valence-corrected chi connectivity index (χ2v) is 7.63. The molecule has 1 aliphatic rings. The van der Waals surface area contributed by atoms with Crippen molar-refractivity contribution >= 4 is 29.3 Å². The summed E-state index contributed by atoms with van der Waals surface area (Å²) in [5.41, 5.74) is 4.81. The molecule has 0 fully saturated rings. The second-order valence-electron chi connectivity index (χ2n) is 7.63. The highest BCUT2D eigenvalue weighted by Gasteiger charge is 2.30. The smallest absolute Gasteiger partial charge is 0.257 e. The molecule has 0 unspecified atom stereocenters. The Bertz CT molecular complexity index is 1030. The van der Waals surface area contributed by atoms with Gasteiger partial charge in [-0.15, -0.1) is 0 Å². The average molecular weight is 397 g/mol. The molecule has 0 atom stereocenters. The number of anilines is 1. The van der Waals surface area contributed by atoms with Gasteiger partial charge in [0, 0.05) is 35.6 Å². The minimum absolute atomic E-state index is 0.0755. The van der Waals surface area contributed by atoms with Gasteiger partial charge in [0.05, 0.1) is 16.8 Å². The summed E-state index contributed by atoms with van der Waals surface area (Å²) in [5.74, 6) is 0.0810. The van der Waals surface area contributed by atoms with Crippen LogP contribution in [0.3, 0.4) is 0 Å². The average Bonchev–Trinajstić information content (AvgIpc) is 3.09. The Morgan fingerprint density at radius 3 is 2.55 bits per heavy atom. The molecule has 0 saturated heterocycles. The van der Waals surface area contributed by atoms with Crippen molar-refractivity contribution in [2.24, 2.45) is 0 Å². The lowest BCUT2D eigenvalue weighted by Crippen LogP contribution is -2.31. The number of aromatic amines is 1. The van der Waals surface area contributed by atoms with Crippen LogP contribution in [-0.2, 0) is 4.79 Å². The summed E-state index contributed by atoms with van der Waals surface area (Å²) in [5, 5.41) is 15.9. The van der Waals surface area contributed by atoms with E-state index in [4.69, 9.17) is 0 Å². The number of aromatic nitrogens is 2. The molecular weight excluding hydrogens is 370 g/mol. The molecule has 0 aliphatic carbocycles. The van der Waals surface area contributed by atoms with E-state index in [1.54, 1.807) is 19.9 Å². The normalized spacial score (nSPS) is 14.4. The minimum atomic E-state index is -0.288. The fourth-order valence-electron chi connectivity index (χ4n) is 3.57. The third kappa shape index (κ3) is 3.75. The lowest BCUT2D eigenvalue weighted by atomic mass is 10.00. The van der Waals surface area contributed by atoms with Crippen molar-refractivity contribution in [1.82, 2.24) is 20.2 Å². The predicted molar refractivity (Wildman–Crippen MR) is 113 cm³/mol. The summed E-state index contributed by atoms with van der Waals surface area (Å²) in [6, 6.07) is 0. The largest absolute Gasteiger partial charge is 0.506 e. The summed E-state index contributed by atoms with van der Waals surface area (Å²) < 4.78 is 0. The molecule has 2 aromatic rings. The summed E-state index contributed by atoms with van der Waals surface area (Å²) >= 11 is 0. The molecule has 0 aromatic carbocycles. The van der Waals surface area contributed by atoms with Crippen molar-refractivity contribution in [2.75, 3.05) is 32.5 Å². The summed E-state index contributed by atoms with van der Waals surface area (Å²) in [6.07, 6.45) is 1.71. The Balaban J connectivity index is 1.98. The maximum atomic E-state index is 12.6. The fourth-order valence-corrected chi connectivity index (χ4v) is 3.57. The van der Waals surface area contributed by atoms with E-state index in [-0.39, 0.29) is 17.6 Å². The molecule has 1 aliphatic heterocycles. The molecule has 2 aromatic heterocycles. The highest BCUT2D eigenvalue weighted by Crippen LogP contribution is 2.39. The van der Waals surface area contributed by atoms with Crippen LogP contribution in [0.2, 0.25) is 0 Å². The molecular formula is C21H27N5O3. The SMILES string of the molecule is Cc1nc2c(c(C)c1O)/C(=C/c1[nH]c(C)c(C(=O)NCCN(C)C)c1C)C(=O)N2. The topological polar surface area (TPSA) is 110 Å². The highest BCUT2D eigenvalue weighted by atomic mass is 16.3. The van der Waals surface area contributed by atoms with Crippen LogP contribution in [0.4, 0.5) is 5.82 Å². The number of carbonyl (C=O) groups is 2. The van der Waals surface area contributed by atoms with Crippen LogP contribution in [0.25, 0.3) is 11.6 Å². The van der Waals surface area contributed by atoms with Gasteiger partial charge < -0.3 is 25.6 Å². The molecule has 0 saturated carbocycles. The zero-order chi connectivity index (χ0) is 21.5. The Labute approximate surface area is 170 Å². The van der Waals surface area contributed by atoms with Gasteiger partial charge in [0.2, 0.25) is 0 Å². The lowest BCUT2D eigenvalue weighted by molar-refractivity contribution is -0.110. The molecule has 0 spiro atoms. The van der Waals surface area contributed by atoms with Crippen LogP contribution in [0.5, 0.6) is 5.75 Å². The van der Waals surface area contributed by atoms with Gasteiger partial charge >= 0.3 is 0 Å². The summed E-state index contributed by atoms with van der Waals surface area (Å²) in [7, 11) is 3.90. The van der Waals surface area contributed by atoms with Crippen molar-refractivity contribution in [3.63, 3.8) is 0 Å². The number of amides is 2. The first kappa shape index (κ1) is 20.6. The predicted octanol–water partition coefficient (Wildman–Crippen LogP) is 2.13. The number of nitrogens with one attached hydrogen (secondary N) is 3. The molecule has 3 heterocycles. The van der Waals surface area contributed by atoms with E-state index < -0.39 is 0 Å². The molecule has 154 valence electrons. The maximum absolute atomic E-state index is 12.6. The number of aromatic hydroxyl groups is 1. The quantitative estimate of drug-likeness (QED) is 0.578. The molecule has 8 heteroatoms. The van der Waals surface area contributed by atoms with Gasteiger partial charge in [-0.2, -0.15) is 0 Å². The zero-order valence-corrected chi connectivity index (χ0v) is 17.6. The Kier molecular flexibility index (Phi) is 5.48. The number of likely N-dealkylation sites (N-methyl/N-ethyl adjacent to an activating group) is 1. The van der Waals surface area contributed by atoms with Crippen molar-refractivity contribution < 1.29 is 14.7 Å². The van der Waals surface area contributed by atoms with Gasteiger partial charge in [0.25, 0.3) is 11.8 Å². The standard InChI is InChI=1S/C21H27N5O3/c1-10-15(23-12(3)16(10)21(29)22-7-8-26(5)6)9-14-17-11(2)18(27)13(4)24-19(17)25-20(14)28/h9,23,27H,7-8H2,1-6H3,(H,22,29)(H,24,25,28)/b14-9-. The molecule has 29 heavy (non-hydrogen) atoms. The minimum Gasteiger partial charge on any atom is -0.506 e. The number of carbonyl (C=O) groups excluding carboxylic acids is 2. The van der Waals surface area contributed by atoms with E-state index in [0.29, 0.717) is 46.0 Å². The zero-order valence-electron chi connectivity index (χ0n) is 17.6. The number of pyridine rings is 1. The van der Waals surface area contributed by atoms with E-state index in [1.807, 2.05) is 32.8 Å². The van der Waals surface area contributed by atoms with Crippen LogP contribution in [0, 0.1) is 27.7 Å². The van der Waals surface area contributed by atoms with E-state index in [9.17, 15) is 14.7 Å². The van der Waals surface area contributed by atoms with Crippen molar-refractivity contribution in [1.29, 1.82) is 0 Å². The second kappa shape index (κ2) is 7.71. The van der Waals surface area contributed by atoms with Gasteiger partial charge in [-0.05, 0) is 53.4 Å². The molecule has 0 radical (unpaired) electrons. The lowest BCUT2D eigenvalue weighted by Gasteiger charge is -2.10. The van der Waals surface area contributed by atoms with Gasteiger partial charge in [0.15, 0.2) is 0 Å². The first-order chi connectivity index (χ1) is 13.6. The molecule has 2 amide bonds. The third-order valence-electron chi connectivity index (χ3n) is 5.17. The monoisotopic (exact) mass is 397 g/mol. The molecule has 4 N–H and O–H groups in total. The van der Waals surface area contributed by atoms with Crippen molar-refractivity contribution in [3.05, 3.63) is 39.3 Å². The number of H-pyrrole nitrogens is 1. The van der Waals surface area contributed by atoms with Gasteiger partial charge in [-0.3, -0.25) is 9.59 Å². The number of nitrogens with zero attached hydrogens (tertiary/aromatic N) is 2. The van der Waals surface area contributed by atoms with Gasteiger partial charge in [-0.25, -0.2) is 4.98 Å². The van der Waals surface area contributed by atoms with Crippen LogP contribution in [-0.4, -0.2) is 59.0 Å². The van der Waals surface area contributed by atoms with Crippen LogP contribution >= 0.6 is 0 Å². The van der Waals surface area contributed by atoms with Gasteiger partial charge in [-0.1, -0.05) is 0 Å². The third-order valence-corrected chi connectivity index (χ3v) is 5.17. The van der Waals surface area contributed by atoms with Crippen LogP contribution in [0.1, 0.15) is 44.1 Å². The number of fused-ring (bicyclic) bond motifs is 1. The van der Waals surface area contributed by atoms with E-state index in [2.05, 4.69) is 20.6 Å².